The minimum Gasteiger partial charge on any atom is -0.408 e. The molecular weight excluding hydrogens is 406 g/mol. The Morgan fingerprint density at radius 1 is 1.07 bits per heavy atom. The lowest BCUT2D eigenvalue weighted by molar-refractivity contribution is -0.118. The molecule has 8 heteroatoms. The number of nitrogens with one attached hydrogen (secondary N) is 1. The summed E-state index contributed by atoms with van der Waals surface area (Å²) in [5.74, 6) is -1.02. The van der Waals surface area contributed by atoms with Gasteiger partial charge in [-0.05, 0) is 36.8 Å². The highest BCUT2D eigenvalue weighted by molar-refractivity contribution is 6.31. The van der Waals surface area contributed by atoms with Gasteiger partial charge in [0.25, 0.3) is 5.56 Å². The number of hydrogen-bond donors (Lipinski definition) is 1. The number of hydrogen-bond acceptors (Lipinski definition) is 4. The van der Waals surface area contributed by atoms with E-state index in [2.05, 4.69) is 5.32 Å². The van der Waals surface area contributed by atoms with Crippen molar-refractivity contribution in [3.05, 3.63) is 98.4 Å². The van der Waals surface area contributed by atoms with Crippen molar-refractivity contribution in [2.24, 2.45) is 0 Å². The molecule has 1 atom stereocenters. The molecule has 0 saturated carbocycles. The van der Waals surface area contributed by atoms with Crippen molar-refractivity contribution < 1.29 is 9.21 Å². The number of para-hydroxylation sites is 2. The second-order valence-corrected chi connectivity index (χ2v) is 7.25. The number of amides is 1. The zero-order valence-electron chi connectivity index (χ0n) is 16.0. The van der Waals surface area contributed by atoms with Crippen LogP contribution in [0.4, 0.5) is 5.69 Å². The third-order valence-corrected chi connectivity index (χ3v) is 5.20. The van der Waals surface area contributed by atoms with E-state index in [0.29, 0.717) is 21.8 Å². The molecule has 0 bridgehead atoms. The van der Waals surface area contributed by atoms with Gasteiger partial charge in [0.2, 0.25) is 5.91 Å². The molecule has 4 aromatic rings. The number of pyridine rings is 1. The monoisotopic (exact) mass is 423 g/mol. The molecule has 1 unspecified atom stereocenters. The molecule has 0 aliphatic rings. The molecule has 1 N–H and O–H groups in total. The third kappa shape index (κ3) is 3.79. The number of rotatable bonds is 5. The van der Waals surface area contributed by atoms with E-state index in [1.54, 1.807) is 43.5 Å². The summed E-state index contributed by atoms with van der Waals surface area (Å²) in [5.41, 5.74) is 1.94. The molecule has 2 heterocycles. The summed E-state index contributed by atoms with van der Waals surface area (Å²) in [4.78, 5) is 37.3. The SMILES string of the molecule is CC(C(=O)Nc1ccc(=O)n(Cc2ccccc2Cl)c1)n1c(=O)oc2ccccc21. The molecule has 152 valence electrons. The lowest BCUT2D eigenvalue weighted by atomic mass is 10.2. The van der Waals surface area contributed by atoms with Crippen molar-refractivity contribution in [2.75, 3.05) is 5.32 Å². The van der Waals surface area contributed by atoms with E-state index in [4.69, 9.17) is 16.0 Å². The fraction of sp³-hybridized carbons (Fsp3) is 0.136. The third-order valence-electron chi connectivity index (χ3n) is 4.84. The van der Waals surface area contributed by atoms with E-state index in [1.165, 1.54) is 21.3 Å². The van der Waals surface area contributed by atoms with Crippen LogP contribution in [0.5, 0.6) is 0 Å². The van der Waals surface area contributed by atoms with E-state index in [1.807, 2.05) is 18.2 Å². The summed E-state index contributed by atoms with van der Waals surface area (Å²) >= 11 is 6.19. The van der Waals surface area contributed by atoms with Crippen LogP contribution >= 0.6 is 11.6 Å². The smallest absolute Gasteiger partial charge is 0.408 e. The molecule has 30 heavy (non-hydrogen) atoms. The number of carbonyl (C=O) groups excluding carboxylic acids is 1. The minimum atomic E-state index is -0.815. The van der Waals surface area contributed by atoms with Gasteiger partial charge in [-0.3, -0.25) is 14.2 Å². The highest BCUT2D eigenvalue weighted by atomic mass is 35.5. The first kappa shape index (κ1) is 19.7. The number of halogens is 1. The maximum Gasteiger partial charge on any atom is 0.420 e. The van der Waals surface area contributed by atoms with Gasteiger partial charge >= 0.3 is 5.76 Å². The van der Waals surface area contributed by atoms with Crippen LogP contribution in [-0.2, 0) is 11.3 Å². The molecular formula is C22H18ClN3O4. The van der Waals surface area contributed by atoms with Crippen LogP contribution in [0.3, 0.4) is 0 Å². The van der Waals surface area contributed by atoms with Crippen LogP contribution in [-0.4, -0.2) is 15.0 Å². The number of carbonyl (C=O) groups is 1. The van der Waals surface area contributed by atoms with Gasteiger partial charge in [0, 0.05) is 17.3 Å². The summed E-state index contributed by atoms with van der Waals surface area (Å²) in [6.07, 6.45) is 1.55. The predicted molar refractivity (Wildman–Crippen MR) is 115 cm³/mol. The summed E-state index contributed by atoms with van der Waals surface area (Å²) in [5, 5.41) is 3.31. The molecule has 0 radical (unpaired) electrons. The quantitative estimate of drug-likeness (QED) is 0.530. The van der Waals surface area contributed by atoms with Gasteiger partial charge in [-0.25, -0.2) is 4.79 Å². The molecule has 7 nitrogen and oxygen atoms in total. The van der Waals surface area contributed by atoms with Gasteiger partial charge in [-0.15, -0.1) is 0 Å². The van der Waals surface area contributed by atoms with Crippen LogP contribution in [0, 0.1) is 0 Å². The zero-order chi connectivity index (χ0) is 21.3. The molecule has 0 spiro atoms. The number of oxazole rings is 1. The molecule has 0 fully saturated rings. The highest BCUT2D eigenvalue weighted by Crippen LogP contribution is 2.19. The molecule has 2 aromatic heterocycles. The average Bonchev–Trinajstić information content (AvgIpc) is 3.07. The van der Waals surface area contributed by atoms with Crippen molar-refractivity contribution >= 4 is 34.3 Å². The van der Waals surface area contributed by atoms with E-state index >= 15 is 0 Å². The summed E-state index contributed by atoms with van der Waals surface area (Å²) in [6.45, 7) is 1.88. The Kier molecular flexibility index (Phi) is 5.29. The first-order valence-electron chi connectivity index (χ1n) is 9.29. The van der Waals surface area contributed by atoms with Crippen LogP contribution < -0.4 is 16.6 Å². The van der Waals surface area contributed by atoms with Crippen LogP contribution in [0.1, 0.15) is 18.5 Å². The van der Waals surface area contributed by atoms with Gasteiger partial charge in [-0.1, -0.05) is 41.9 Å². The van der Waals surface area contributed by atoms with E-state index < -0.39 is 17.7 Å². The van der Waals surface area contributed by atoms with Crippen molar-refractivity contribution in [3.8, 4) is 0 Å². The van der Waals surface area contributed by atoms with Crippen LogP contribution in [0.25, 0.3) is 11.1 Å². The molecule has 4 rings (SSSR count). The summed E-state index contributed by atoms with van der Waals surface area (Å²) in [7, 11) is 0. The number of aromatic nitrogens is 2. The van der Waals surface area contributed by atoms with Gasteiger partial charge in [0.05, 0.1) is 17.7 Å². The van der Waals surface area contributed by atoms with Crippen LogP contribution in [0.15, 0.2) is 80.9 Å². The summed E-state index contributed by atoms with van der Waals surface area (Å²) < 4.78 is 7.96. The molecule has 0 saturated heterocycles. The highest BCUT2D eigenvalue weighted by Gasteiger charge is 2.21. The second-order valence-electron chi connectivity index (χ2n) is 6.85. The van der Waals surface area contributed by atoms with Crippen molar-refractivity contribution in [1.82, 2.24) is 9.13 Å². The Hall–Kier alpha value is -3.58. The Balaban J connectivity index is 1.59. The first-order chi connectivity index (χ1) is 14.4. The fourth-order valence-corrected chi connectivity index (χ4v) is 3.45. The molecule has 0 aliphatic carbocycles. The molecule has 2 aromatic carbocycles. The summed E-state index contributed by atoms with van der Waals surface area (Å²) in [6, 6.07) is 16.2. The largest absolute Gasteiger partial charge is 0.420 e. The van der Waals surface area contributed by atoms with Crippen molar-refractivity contribution in [1.29, 1.82) is 0 Å². The lowest BCUT2D eigenvalue weighted by Gasteiger charge is -2.14. The maximum absolute atomic E-state index is 12.8. The van der Waals surface area contributed by atoms with E-state index in [0.717, 1.165) is 5.56 Å². The molecule has 0 aliphatic heterocycles. The van der Waals surface area contributed by atoms with Crippen molar-refractivity contribution in [2.45, 2.75) is 19.5 Å². The predicted octanol–water partition coefficient (Wildman–Crippen LogP) is 3.66. The maximum atomic E-state index is 12.8. The Labute approximate surface area is 176 Å². The van der Waals surface area contributed by atoms with Gasteiger partial charge in [0.15, 0.2) is 5.58 Å². The zero-order valence-corrected chi connectivity index (χ0v) is 16.8. The minimum absolute atomic E-state index is 0.224. The van der Waals surface area contributed by atoms with Gasteiger partial charge < -0.3 is 14.3 Å². The second kappa shape index (κ2) is 8.04. The first-order valence-corrected chi connectivity index (χ1v) is 9.66. The Morgan fingerprint density at radius 3 is 2.60 bits per heavy atom. The van der Waals surface area contributed by atoms with E-state index in [-0.39, 0.29) is 12.1 Å². The standard InChI is InChI=1S/C22H18ClN3O4/c1-14(26-18-8-4-5-9-19(18)30-22(26)29)21(28)24-16-10-11-20(27)25(13-16)12-15-6-2-3-7-17(15)23/h2-11,13-14H,12H2,1H3,(H,24,28). The van der Waals surface area contributed by atoms with Gasteiger partial charge in [-0.2, -0.15) is 0 Å². The number of nitrogens with zero attached hydrogens (tertiary/aromatic N) is 2. The topological polar surface area (TPSA) is 86.2 Å². The lowest BCUT2D eigenvalue weighted by Crippen LogP contribution is -2.30. The number of fused-ring (bicyclic) bond motifs is 1. The number of benzene rings is 2. The van der Waals surface area contributed by atoms with E-state index in [9.17, 15) is 14.4 Å². The van der Waals surface area contributed by atoms with Crippen LogP contribution in [0.2, 0.25) is 5.02 Å². The Morgan fingerprint density at radius 2 is 1.80 bits per heavy atom. The average molecular weight is 424 g/mol. The molecule has 1 amide bonds. The fourth-order valence-electron chi connectivity index (χ4n) is 3.25. The van der Waals surface area contributed by atoms with Crippen molar-refractivity contribution in [3.63, 3.8) is 0 Å². The Bertz CT molecular complexity index is 1350. The normalized spacial score (nSPS) is 12.1. The number of anilines is 1. The van der Waals surface area contributed by atoms with Gasteiger partial charge in [0.1, 0.15) is 6.04 Å².